The average Bonchev–Trinajstić information content (AvgIpc) is 2.78. The van der Waals surface area contributed by atoms with E-state index in [1.165, 1.54) is 6.42 Å². The molecule has 0 aliphatic heterocycles. The van der Waals surface area contributed by atoms with Gasteiger partial charge in [0, 0.05) is 17.6 Å². The summed E-state index contributed by atoms with van der Waals surface area (Å²) in [6, 6.07) is 10.7. The monoisotopic (exact) mass is 265 g/mol. The molecule has 3 nitrogen and oxygen atoms in total. The van der Waals surface area contributed by atoms with Gasteiger partial charge >= 0.3 is 0 Å². The van der Waals surface area contributed by atoms with Crippen molar-refractivity contribution >= 4 is 16.6 Å². The summed E-state index contributed by atoms with van der Waals surface area (Å²) in [4.78, 5) is 4.35. The molecule has 1 aromatic carbocycles. The van der Waals surface area contributed by atoms with E-state index in [0.717, 1.165) is 29.4 Å². The first-order chi connectivity index (χ1) is 9.59. The lowest BCUT2D eigenvalue weighted by Crippen LogP contribution is -2.18. The van der Waals surface area contributed by atoms with E-state index >= 15 is 0 Å². The summed E-state index contributed by atoms with van der Waals surface area (Å²) in [5, 5.41) is 14.0. The number of hydrogen-bond acceptors (Lipinski definition) is 3. The standard InChI is InChI=1S/C17H19N3/c1-17(2)8-7-13(9-17)20-16-12(10-18)11-19-15-6-4-3-5-14(15)16/h3-6,11,13H,7-9H2,1-2H3,(H,19,20). The maximum Gasteiger partial charge on any atom is 0.103 e. The van der Waals surface area contributed by atoms with Crippen LogP contribution in [0.25, 0.3) is 10.9 Å². The molecule has 1 atom stereocenters. The topological polar surface area (TPSA) is 48.7 Å². The maximum absolute atomic E-state index is 9.32. The minimum atomic E-state index is 0.396. The van der Waals surface area contributed by atoms with Crippen molar-refractivity contribution in [3.63, 3.8) is 0 Å². The summed E-state index contributed by atoms with van der Waals surface area (Å²) in [5.74, 6) is 0. The van der Waals surface area contributed by atoms with Gasteiger partial charge in [-0.25, -0.2) is 0 Å². The Balaban J connectivity index is 2.00. The zero-order valence-electron chi connectivity index (χ0n) is 12.0. The Bertz CT molecular complexity index is 682. The number of pyridine rings is 1. The van der Waals surface area contributed by atoms with E-state index in [0.29, 0.717) is 17.0 Å². The zero-order chi connectivity index (χ0) is 14.2. The van der Waals surface area contributed by atoms with Crippen LogP contribution < -0.4 is 5.32 Å². The Morgan fingerprint density at radius 1 is 1.35 bits per heavy atom. The Morgan fingerprint density at radius 2 is 2.15 bits per heavy atom. The molecule has 1 aromatic heterocycles. The highest BCUT2D eigenvalue weighted by Crippen LogP contribution is 2.39. The van der Waals surface area contributed by atoms with E-state index in [4.69, 9.17) is 0 Å². The molecule has 1 aliphatic rings. The van der Waals surface area contributed by atoms with Crippen molar-refractivity contribution in [3.8, 4) is 6.07 Å². The number of nitriles is 1. The van der Waals surface area contributed by atoms with Crippen LogP contribution in [0.5, 0.6) is 0 Å². The molecule has 20 heavy (non-hydrogen) atoms. The van der Waals surface area contributed by atoms with E-state index in [1.807, 2.05) is 24.3 Å². The minimum absolute atomic E-state index is 0.396. The highest BCUT2D eigenvalue weighted by atomic mass is 14.9. The molecule has 0 radical (unpaired) electrons. The number of fused-ring (bicyclic) bond motifs is 1. The van der Waals surface area contributed by atoms with E-state index < -0.39 is 0 Å². The van der Waals surface area contributed by atoms with Crippen LogP contribution in [0.15, 0.2) is 30.5 Å². The highest BCUT2D eigenvalue weighted by Gasteiger charge is 2.31. The number of rotatable bonds is 2. The fraction of sp³-hybridized carbons (Fsp3) is 0.412. The first-order valence-electron chi connectivity index (χ1n) is 7.13. The van der Waals surface area contributed by atoms with Gasteiger partial charge in [-0.3, -0.25) is 4.98 Å². The molecule has 0 bridgehead atoms. The summed E-state index contributed by atoms with van der Waals surface area (Å²) in [6.45, 7) is 4.62. The number of para-hydroxylation sites is 1. The molecule has 2 aromatic rings. The third-order valence-corrected chi connectivity index (χ3v) is 4.21. The molecule has 1 aliphatic carbocycles. The van der Waals surface area contributed by atoms with Crippen molar-refractivity contribution in [1.29, 1.82) is 5.26 Å². The number of aromatic nitrogens is 1. The van der Waals surface area contributed by atoms with Gasteiger partial charge in [-0.2, -0.15) is 5.26 Å². The molecule has 1 heterocycles. The predicted octanol–water partition coefficient (Wildman–Crippen LogP) is 4.10. The molecule has 1 saturated carbocycles. The molecule has 0 saturated heterocycles. The van der Waals surface area contributed by atoms with Gasteiger partial charge in [-0.1, -0.05) is 32.0 Å². The average molecular weight is 265 g/mol. The molecular weight excluding hydrogens is 246 g/mol. The number of hydrogen-bond donors (Lipinski definition) is 1. The van der Waals surface area contributed by atoms with Gasteiger partial charge in [0.2, 0.25) is 0 Å². The quantitative estimate of drug-likeness (QED) is 0.889. The van der Waals surface area contributed by atoms with Gasteiger partial charge in [0.05, 0.1) is 16.8 Å². The lowest BCUT2D eigenvalue weighted by atomic mass is 9.92. The Kier molecular flexibility index (Phi) is 3.10. The van der Waals surface area contributed by atoms with E-state index in [1.54, 1.807) is 6.20 Å². The maximum atomic E-state index is 9.32. The third kappa shape index (κ3) is 2.34. The molecule has 0 amide bonds. The van der Waals surface area contributed by atoms with Crippen molar-refractivity contribution in [2.24, 2.45) is 5.41 Å². The van der Waals surface area contributed by atoms with Gasteiger partial charge in [-0.15, -0.1) is 0 Å². The second-order valence-electron chi connectivity index (χ2n) is 6.42. The zero-order valence-corrected chi connectivity index (χ0v) is 12.0. The van der Waals surface area contributed by atoms with Crippen molar-refractivity contribution in [3.05, 3.63) is 36.0 Å². The summed E-state index contributed by atoms with van der Waals surface area (Å²) in [5.41, 5.74) is 2.91. The largest absolute Gasteiger partial charge is 0.381 e. The Morgan fingerprint density at radius 3 is 2.85 bits per heavy atom. The highest BCUT2D eigenvalue weighted by molar-refractivity contribution is 5.93. The van der Waals surface area contributed by atoms with E-state index in [-0.39, 0.29) is 0 Å². The fourth-order valence-corrected chi connectivity index (χ4v) is 3.15. The van der Waals surface area contributed by atoms with Crippen LogP contribution in [0.3, 0.4) is 0 Å². The third-order valence-electron chi connectivity index (χ3n) is 4.21. The molecule has 1 fully saturated rings. The summed E-state index contributed by atoms with van der Waals surface area (Å²) in [6.07, 6.45) is 5.21. The second-order valence-corrected chi connectivity index (χ2v) is 6.42. The van der Waals surface area contributed by atoms with Crippen molar-refractivity contribution in [2.45, 2.75) is 39.2 Å². The van der Waals surface area contributed by atoms with Crippen LogP contribution >= 0.6 is 0 Å². The molecule has 0 spiro atoms. The number of benzene rings is 1. The number of anilines is 1. The van der Waals surface area contributed by atoms with Crippen LogP contribution in [0.4, 0.5) is 5.69 Å². The second kappa shape index (κ2) is 4.79. The lowest BCUT2D eigenvalue weighted by Gasteiger charge is -2.20. The summed E-state index contributed by atoms with van der Waals surface area (Å²) < 4.78 is 0. The molecule has 1 N–H and O–H groups in total. The van der Waals surface area contributed by atoms with Crippen LogP contribution in [0, 0.1) is 16.7 Å². The Hall–Kier alpha value is -2.08. The SMILES string of the molecule is CC1(C)CCC(Nc2c(C#N)cnc3ccccc23)C1. The van der Waals surface area contributed by atoms with Gasteiger partial charge in [0.15, 0.2) is 0 Å². The molecule has 3 heteroatoms. The first-order valence-corrected chi connectivity index (χ1v) is 7.13. The van der Waals surface area contributed by atoms with Crippen LogP contribution in [-0.4, -0.2) is 11.0 Å². The number of nitrogens with one attached hydrogen (secondary N) is 1. The van der Waals surface area contributed by atoms with Crippen molar-refractivity contribution < 1.29 is 0 Å². The van der Waals surface area contributed by atoms with E-state index in [2.05, 4.69) is 30.2 Å². The Labute approximate surface area is 119 Å². The van der Waals surface area contributed by atoms with E-state index in [9.17, 15) is 5.26 Å². The number of nitrogens with zero attached hydrogens (tertiary/aromatic N) is 2. The normalized spacial score (nSPS) is 20.8. The molecule has 3 rings (SSSR count). The first kappa shape index (κ1) is 12.9. The van der Waals surface area contributed by atoms with Gasteiger partial charge in [-0.05, 0) is 30.7 Å². The van der Waals surface area contributed by atoms with Crippen LogP contribution in [-0.2, 0) is 0 Å². The molecule has 102 valence electrons. The van der Waals surface area contributed by atoms with Gasteiger partial charge < -0.3 is 5.32 Å². The lowest BCUT2D eigenvalue weighted by molar-refractivity contribution is 0.378. The fourth-order valence-electron chi connectivity index (χ4n) is 3.15. The van der Waals surface area contributed by atoms with Crippen LogP contribution in [0.2, 0.25) is 0 Å². The van der Waals surface area contributed by atoms with Crippen molar-refractivity contribution in [1.82, 2.24) is 4.98 Å². The minimum Gasteiger partial charge on any atom is -0.381 e. The smallest absolute Gasteiger partial charge is 0.103 e. The van der Waals surface area contributed by atoms with Crippen molar-refractivity contribution in [2.75, 3.05) is 5.32 Å². The van der Waals surface area contributed by atoms with Gasteiger partial charge in [0.1, 0.15) is 6.07 Å². The summed E-state index contributed by atoms with van der Waals surface area (Å²) >= 11 is 0. The van der Waals surface area contributed by atoms with Crippen LogP contribution in [0.1, 0.15) is 38.7 Å². The van der Waals surface area contributed by atoms with Gasteiger partial charge in [0.25, 0.3) is 0 Å². The molecule has 1 unspecified atom stereocenters. The predicted molar refractivity (Wildman–Crippen MR) is 81.5 cm³/mol. The molecular formula is C17H19N3. The summed E-state index contributed by atoms with van der Waals surface area (Å²) in [7, 11) is 0.